The van der Waals surface area contributed by atoms with Crippen LogP contribution in [0.25, 0.3) is 0 Å². The van der Waals surface area contributed by atoms with E-state index in [0.29, 0.717) is 24.5 Å². The van der Waals surface area contributed by atoms with E-state index in [1.165, 1.54) is 12.5 Å². The summed E-state index contributed by atoms with van der Waals surface area (Å²) in [5.41, 5.74) is 4.60. The lowest BCUT2D eigenvalue weighted by molar-refractivity contribution is -0.114. The molecule has 2 rings (SSSR count). The molecular weight excluding hydrogens is 330 g/mol. The molecule has 0 atom stereocenters. The van der Waals surface area contributed by atoms with Crippen molar-refractivity contribution in [3.05, 3.63) is 53.1 Å². The number of benzene rings is 2. The molecular formula is C20H25N3O3. The van der Waals surface area contributed by atoms with Crippen LogP contribution in [0.2, 0.25) is 0 Å². The summed E-state index contributed by atoms with van der Waals surface area (Å²) < 4.78 is 5.80. The molecule has 0 bridgehead atoms. The number of hydrogen-bond donors (Lipinski definition) is 3. The number of carbonyl (C=O) groups is 2. The summed E-state index contributed by atoms with van der Waals surface area (Å²) in [5, 5.41) is 8.15. The predicted octanol–water partition coefficient (Wildman–Crippen LogP) is 3.77. The van der Waals surface area contributed by atoms with Crippen molar-refractivity contribution in [3.63, 3.8) is 0 Å². The molecule has 2 aromatic carbocycles. The minimum absolute atomic E-state index is 0.162. The second-order valence-corrected chi connectivity index (χ2v) is 6.22. The highest BCUT2D eigenvalue weighted by Crippen LogP contribution is 2.24. The van der Waals surface area contributed by atoms with Gasteiger partial charge in [-0.15, -0.1) is 0 Å². The summed E-state index contributed by atoms with van der Waals surface area (Å²) in [6.45, 7) is 8.27. The Labute approximate surface area is 153 Å². The minimum atomic E-state index is -0.328. The largest absolute Gasteiger partial charge is 0.491 e. The van der Waals surface area contributed by atoms with Crippen LogP contribution in [-0.4, -0.2) is 25.1 Å². The van der Waals surface area contributed by atoms with Crippen molar-refractivity contribution in [3.8, 4) is 5.75 Å². The van der Waals surface area contributed by atoms with Crippen molar-refractivity contribution in [1.29, 1.82) is 0 Å². The summed E-state index contributed by atoms with van der Waals surface area (Å²) >= 11 is 0. The second-order valence-electron chi connectivity index (χ2n) is 6.22. The number of hydrogen-bond acceptors (Lipinski definition) is 3. The number of rotatable bonds is 6. The van der Waals surface area contributed by atoms with E-state index in [1.54, 1.807) is 24.3 Å². The number of carbonyl (C=O) groups excluding carboxylic acids is 2. The number of urea groups is 1. The standard InChI is InChI=1S/C20H25N3O3/c1-13-10-14(2)19(15(3)11-13)26-9-8-21-20(25)23-18-7-5-6-17(12-18)22-16(4)24/h5-7,10-12H,8-9H2,1-4H3,(H,22,24)(H2,21,23,25). The fourth-order valence-electron chi connectivity index (χ4n) is 2.77. The van der Waals surface area contributed by atoms with E-state index in [2.05, 4.69) is 35.0 Å². The van der Waals surface area contributed by atoms with Crippen molar-refractivity contribution >= 4 is 23.3 Å². The van der Waals surface area contributed by atoms with Crippen LogP contribution in [0.3, 0.4) is 0 Å². The normalized spacial score (nSPS) is 10.2. The van der Waals surface area contributed by atoms with Gasteiger partial charge in [0.25, 0.3) is 0 Å². The van der Waals surface area contributed by atoms with Crippen LogP contribution in [-0.2, 0) is 4.79 Å². The lowest BCUT2D eigenvalue weighted by Crippen LogP contribution is -2.32. The third kappa shape index (κ3) is 5.81. The summed E-state index contributed by atoms with van der Waals surface area (Å²) in [6, 6.07) is 10.8. The predicted molar refractivity (Wildman–Crippen MR) is 104 cm³/mol. The molecule has 0 fully saturated rings. The average molecular weight is 355 g/mol. The second kappa shape index (κ2) is 8.89. The number of amides is 3. The van der Waals surface area contributed by atoms with Gasteiger partial charge in [-0.2, -0.15) is 0 Å². The van der Waals surface area contributed by atoms with E-state index in [0.717, 1.165) is 16.9 Å². The topological polar surface area (TPSA) is 79.5 Å². The number of aryl methyl sites for hydroxylation is 3. The van der Waals surface area contributed by atoms with Crippen LogP contribution in [0.15, 0.2) is 36.4 Å². The van der Waals surface area contributed by atoms with Gasteiger partial charge in [-0.3, -0.25) is 4.79 Å². The maximum Gasteiger partial charge on any atom is 0.319 e. The quantitative estimate of drug-likeness (QED) is 0.690. The number of anilines is 2. The minimum Gasteiger partial charge on any atom is -0.491 e. The zero-order valence-corrected chi connectivity index (χ0v) is 15.6. The molecule has 2 aromatic rings. The number of nitrogens with one attached hydrogen (secondary N) is 3. The first-order valence-corrected chi connectivity index (χ1v) is 8.48. The molecule has 138 valence electrons. The van der Waals surface area contributed by atoms with Crippen LogP contribution in [0.4, 0.5) is 16.2 Å². The molecule has 0 heterocycles. The summed E-state index contributed by atoms with van der Waals surface area (Å²) in [6.07, 6.45) is 0. The zero-order chi connectivity index (χ0) is 19.1. The molecule has 3 N–H and O–H groups in total. The molecule has 0 aliphatic carbocycles. The first kappa shape index (κ1) is 19.3. The summed E-state index contributed by atoms with van der Waals surface area (Å²) in [4.78, 5) is 23.1. The lowest BCUT2D eigenvalue weighted by Gasteiger charge is -2.14. The SMILES string of the molecule is CC(=O)Nc1cccc(NC(=O)NCCOc2c(C)cc(C)cc2C)c1. The van der Waals surface area contributed by atoms with Crippen molar-refractivity contribution in [1.82, 2.24) is 5.32 Å². The molecule has 6 heteroatoms. The molecule has 0 aliphatic rings. The fourth-order valence-corrected chi connectivity index (χ4v) is 2.77. The molecule has 0 saturated carbocycles. The highest BCUT2D eigenvalue weighted by Gasteiger charge is 2.06. The Morgan fingerprint density at radius 2 is 1.58 bits per heavy atom. The van der Waals surface area contributed by atoms with E-state index in [1.807, 2.05) is 13.8 Å². The van der Waals surface area contributed by atoms with Gasteiger partial charge >= 0.3 is 6.03 Å². The molecule has 3 amide bonds. The lowest BCUT2D eigenvalue weighted by atomic mass is 10.1. The Balaban J connectivity index is 1.80. The molecule has 26 heavy (non-hydrogen) atoms. The van der Waals surface area contributed by atoms with Gasteiger partial charge < -0.3 is 20.7 Å². The van der Waals surface area contributed by atoms with Crippen LogP contribution < -0.4 is 20.7 Å². The highest BCUT2D eigenvalue weighted by atomic mass is 16.5. The van der Waals surface area contributed by atoms with E-state index in [-0.39, 0.29) is 11.9 Å². The zero-order valence-electron chi connectivity index (χ0n) is 15.6. The third-order valence-corrected chi connectivity index (χ3v) is 3.68. The average Bonchev–Trinajstić information content (AvgIpc) is 2.52. The van der Waals surface area contributed by atoms with Gasteiger partial charge in [0.15, 0.2) is 0 Å². The van der Waals surface area contributed by atoms with Crippen molar-refractivity contribution < 1.29 is 14.3 Å². The Hall–Kier alpha value is -3.02. The highest BCUT2D eigenvalue weighted by molar-refractivity contribution is 5.92. The maximum absolute atomic E-state index is 12.0. The number of ether oxygens (including phenoxy) is 1. The van der Waals surface area contributed by atoms with Gasteiger partial charge in [-0.25, -0.2) is 4.79 Å². The van der Waals surface area contributed by atoms with Crippen LogP contribution >= 0.6 is 0 Å². The maximum atomic E-state index is 12.0. The Bertz CT molecular complexity index is 780. The third-order valence-electron chi connectivity index (χ3n) is 3.68. The van der Waals surface area contributed by atoms with Gasteiger partial charge in [-0.05, 0) is 50.1 Å². The summed E-state index contributed by atoms with van der Waals surface area (Å²) in [7, 11) is 0. The van der Waals surface area contributed by atoms with E-state index < -0.39 is 0 Å². The van der Waals surface area contributed by atoms with Crippen LogP contribution in [0, 0.1) is 20.8 Å². The van der Waals surface area contributed by atoms with Crippen molar-refractivity contribution in [2.24, 2.45) is 0 Å². The molecule has 0 saturated heterocycles. The van der Waals surface area contributed by atoms with Crippen LogP contribution in [0.1, 0.15) is 23.6 Å². The molecule has 0 spiro atoms. The monoisotopic (exact) mass is 355 g/mol. The molecule has 0 unspecified atom stereocenters. The van der Waals surface area contributed by atoms with E-state index >= 15 is 0 Å². The van der Waals surface area contributed by atoms with Gasteiger partial charge in [-0.1, -0.05) is 23.8 Å². The van der Waals surface area contributed by atoms with E-state index in [4.69, 9.17) is 4.74 Å². The first-order chi connectivity index (χ1) is 12.3. The summed E-state index contributed by atoms with van der Waals surface area (Å²) in [5.74, 6) is 0.700. The van der Waals surface area contributed by atoms with E-state index in [9.17, 15) is 9.59 Å². The van der Waals surface area contributed by atoms with Crippen LogP contribution in [0.5, 0.6) is 5.75 Å². The molecule has 6 nitrogen and oxygen atoms in total. The van der Waals surface area contributed by atoms with Gasteiger partial charge in [0.1, 0.15) is 12.4 Å². The van der Waals surface area contributed by atoms with Gasteiger partial charge in [0.2, 0.25) is 5.91 Å². The van der Waals surface area contributed by atoms with Crippen molar-refractivity contribution in [2.45, 2.75) is 27.7 Å². The van der Waals surface area contributed by atoms with Gasteiger partial charge in [0.05, 0.1) is 6.54 Å². The first-order valence-electron chi connectivity index (χ1n) is 8.48. The molecule has 0 aromatic heterocycles. The Morgan fingerprint density at radius 1 is 0.962 bits per heavy atom. The fraction of sp³-hybridized carbons (Fsp3) is 0.300. The Morgan fingerprint density at radius 3 is 2.19 bits per heavy atom. The van der Waals surface area contributed by atoms with Crippen molar-refractivity contribution in [2.75, 3.05) is 23.8 Å². The van der Waals surface area contributed by atoms with Gasteiger partial charge in [0, 0.05) is 18.3 Å². The molecule has 0 aliphatic heterocycles. The molecule has 0 radical (unpaired) electrons. The Kier molecular flexibility index (Phi) is 6.60. The smallest absolute Gasteiger partial charge is 0.319 e.